The van der Waals surface area contributed by atoms with Crippen molar-refractivity contribution in [1.29, 1.82) is 0 Å². The van der Waals surface area contributed by atoms with Crippen LogP contribution in [0, 0.1) is 13.8 Å². The van der Waals surface area contributed by atoms with Crippen molar-refractivity contribution in [2.24, 2.45) is 0 Å². The van der Waals surface area contributed by atoms with Gasteiger partial charge >= 0.3 is 5.97 Å². The summed E-state index contributed by atoms with van der Waals surface area (Å²) in [5.41, 5.74) is 2.98. The average Bonchev–Trinajstić information content (AvgIpc) is 3.09. The standard InChI is InChI=1S/C16H19N3O3/c1-10-6-7-13-17-11(2)14(19(13)9-10)15(20)18-8-4-5-12(18)16(21)22-3/h6-7,9,12H,4-5,8H2,1-3H3/t12-/m0/s1. The summed E-state index contributed by atoms with van der Waals surface area (Å²) in [6.45, 7) is 4.35. The van der Waals surface area contributed by atoms with Gasteiger partial charge in [0, 0.05) is 12.7 Å². The molecule has 116 valence electrons. The van der Waals surface area contributed by atoms with Crippen molar-refractivity contribution in [2.45, 2.75) is 32.7 Å². The molecular formula is C16H19N3O3. The van der Waals surface area contributed by atoms with Crippen molar-refractivity contribution in [1.82, 2.24) is 14.3 Å². The first kappa shape index (κ1) is 14.6. The number of pyridine rings is 1. The molecule has 0 N–H and O–H groups in total. The molecule has 3 heterocycles. The Balaban J connectivity index is 2.03. The van der Waals surface area contributed by atoms with Gasteiger partial charge in [0.25, 0.3) is 5.91 Å². The van der Waals surface area contributed by atoms with E-state index in [9.17, 15) is 9.59 Å². The zero-order chi connectivity index (χ0) is 15.9. The molecular weight excluding hydrogens is 282 g/mol. The maximum Gasteiger partial charge on any atom is 0.328 e. The van der Waals surface area contributed by atoms with Crippen LogP contribution in [-0.4, -0.2) is 45.9 Å². The van der Waals surface area contributed by atoms with Crippen molar-refractivity contribution in [3.05, 3.63) is 35.3 Å². The van der Waals surface area contributed by atoms with Gasteiger partial charge in [-0.05, 0) is 38.3 Å². The maximum atomic E-state index is 12.9. The van der Waals surface area contributed by atoms with Crippen LogP contribution in [0.2, 0.25) is 0 Å². The van der Waals surface area contributed by atoms with Crippen LogP contribution in [0.4, 0.5) is 0 Å². The second kappa shape index (κ2) is 5.44. The third-order valence-electron chi connectivity index (χ3n) is 4.13. The number of aryl methyl sites for hydroxylation is 2. The second-order valence-electron chi connectivity index (χ2n) is 5.66. The first-order valence-corrected chi connectivity index (χ1v) is 7.37. The molecule has 2 aromatic heterocycles. The lowest BCUT2D eigenvalue weighted by Gasteiger charge is -2.22. The molecule has 2 aromatic rings. The van der Waals surface area contributed by atoms with Crippen molar-refractivity contribution >= 4 is 17.5 Å². The Labute approximate surface area is 128 Å². The van der Waals surface area contributed by atoms with Crippen LogP contribution in [0.15, 0.2) is 18.3 Å². The molecule has 0 radical (unpaired) electrons. The minimum atomic E-state index is -0.493. The summed E-state index contributed by atoms with van der Waals surface area (Å²) in [6.07, 6.45) is 3.35. The number of hydrogen-bond donors (Lipinski definition) is 0. The lowest BCUT2D eigenvalue weighted by Crippen LogP contribution is -2.41. The minimum absolute atomic E-state index is 0.163. The highest BCUT2D eigenvalue weighted by atomic mass is 16.5. The summed E-state index contributed by atoms with van der Waals surface area (Å²) in [6, 6.07) is 3.36. The van der Waals surface area contributed by atoms with Gasteiger partial charge in [-0.15, -0.1) is 0 Å². The van der Waals surface area contributed by atoms with Gasteiger partial charge < -0.3 is 9.64 Å². The number of fused-ring (bicyclic) bond motifs is 1. The van der Waals surface area contributed by atoms with Gasteiger partial charge in [0.1, 0.15) is 17.4 Å². The summed E-state index contributed by atoms with van der Waals surface area (Å²) >= 11 is 0. The van der Waals surface area contributed by atoms with E-state index in [0.29, 0.717) is 24.4 Å². The van der Waals surface area contributed by atoms with E-state index in [1.54, 1.807) is 9.30 Å². The third kappa shape index (κ3) is 2.24. The van der Waals surface area contributed by atoms with Crippen LogP contribution in [0.5, 0.6) is 0 Å². The predicted octanol–water partition coefficient (Wildman–Crippen LogP) is 1.73. The molecule has 0 aromatic carbocycles. The highest BCUT2D eigenvalue weighted by molar-refractivity contribution is 5.97. The number of imidazole rings is 1. The highest BCUT2D eigenvalue weighted by Gasteiger charge is 2.37. The molecule has 1 amide bonds. The first-order chi connectivity index (χ1) is 10.5. The Morgan fingerprint density at radius 2 is 2.09 bits per heavy atom. The number of carbonyl (C=O) groups excluding carboxylic acids is 2. The predicted molar refractivity (Wildman–Crippen MR) is 80.7 cm³/mol. The Hall–Kier alpha value is -2.37. The van der Waals surface area contributed by atoms with Crippen LogP contribution in [0.25, 0.3) is 5.65 Å². The molecule has 3 rings (SSSR count). The Kier molecular flexibility index (Phi) is 3.60. The molecule has 0 spiro atoms. The number of carbonyl (C=O) groups is 2. The SMILES string of the molecule is COC(=O)[C@@H]1CCCN1C(=O)c1c(C)nc2ccc(C)cn12. The van der Waals surface area contributed by atoms with E-state index in [1.165, 1.54) is 7.11 Å². The van der Waals surface area contributed by atoms with Gasteiger partial charge in [-0.3, -0.25) is 9.20 Å². The fraction of sp³-hybridized carbons (Fsp3) is 0.438. The smallest absolute Gasteiger partial charge is 0.328 e. The number of likely N-dealkylation sites (tertiary alicyclic amines) is 1. The molecule has 1 fully saturated rings. The number of esters is 1. The molecule has 0 unspecified atom stereocenters. The van der Waals surface area contributed by atoms with E-state index < -0.39 is 6.04 Å². The molecule has 6 heteroatoms. The lowest BCUT2D eigenvalue weighted by molar-refractivity contribution is -0.145. The number of rotatable bonds is 2. The van der Waals surface area contributed by atoms with Crippen molar-refractivity contribution in [2.75, 3.05) is 13.7 Å². The van der Waals surface area contributed by atoms with Crippen LogP contribution < -0.4 is 0 Å². The molecule has 0 aliphatic carbocycles. The number of methoxy groups -OCH3 is 1. The number of ether oxygens (including phenoxy) is 1. The van der Waals surface area contributed by atoms with Gasteiger partial charge in [-0.1, -0.05) is 6.07 Å². The average molecular weight is 301 g/mol. The second-order valence-corrected chi connectivity index (χ2v) is 5.66. The Morgan fingerprint density at radius 3 is 2.82 bits per heavy atom. The zero-order valence-electron chi connectivity index (χ0n) is 13.0. The molecule has 0 bridgehead atoms. The van der Waals surface area contributed by atoms with Gasteiger partial charge in [-0.25, -0.2) is 9.78 Å². The third-order valence-corrected chi connectivity index (χ3v) is 4.13. The van der Waals surface area contributed by atoms with Crippen molar-refractivity contribution in [3.63, 3.8) is 0 Å². The van der Waals surface area contributed by atoms with Crippen molar-refractivity contribution < 1.29 is 14.3 Å². The maximum absolute atomic E-state index is 12.9. The van der Waals surface area contributed by atoms with E-state index in [0.717, 1.165) is 17.6 Å². The van der Waals surface area contributed by atoms with E-state index in [1.807, 2.05) is 32.2 Å². The number of aromatic nitrogens is 2. The Bertz CT molecular complexity index is 750. The molecule has 1 saturated heterocycles. The fourth-order valence-electron chi connectivity index (χ4n) is 3.05. The molecule has 6 nitrogen and oxygen atoms in total. The first-order valence-electron chi connectivity index (χ1n) is 7.37. The van der Waals surface area contributed by atoms with Gasteiger partial charge in [-0.2, -0.15) is 0 Å². The van der Waals surface area contributed by atoms with Crippen molar-refractivity contribution in [3.8, 4) is 0 Å². The number of nitrogens with zero attached hydrogens (tertiary/aromatic N) is 3. The van der Waals surface area contributed by atoms with E-state index in [2.05, 4.69) is 4.98 Å². The molecule has 22 heavy (non-hydrogen) atoms. The number of amides is 1. The summed E-state index contributed by atoms with van der Waals surface area (Å²) in [4.78, 5) is 30.8. The summed E-state index contributed by atoms with van der Waals surface area (Å²) in [5.74, 6) is -0.517. The number of hydrogen-bond acceptors (Lipinski definition) is 4. The van der Waals surface area contributed by atoms with Crippen LogP contribution >= 0.6 is 0 Å². The van der Waals surface area contributed by atoms with Gasteiger partial charge in [0.15, 0.2) is 0 Å². The van der Waals surface area contributed by atoms with Crippen LogP contribution in [0.1, 0.15) is 34.6 Å². The zero-order valence-corrected chi connectivity index (χ0v) is 13.0. The topological polar surface area (TPSA) is 63.9 Å². The summed E-state index contributed by atoms with van der Waals surface area (Å²) in [7, 11) is 1.35. The molecule has 1 aliphatic heterocycles. The molecule has 0 saturated carbocycles. The van der Waals surface area contributed by atoms with E-state index >= 15 is 0 Å². The summed E-state index contributed by atoms with van der Waals surface area (Å²) < 4.78 is 6.62. The van der Waals surface area contributed by atoms with Gasteiger partial charge in [0.05, 0.1) is 12.8 Å². The lowest BCUT2D eigenvalue weighted by atomic mass is 10.2. The minimum Gasteiger partial charge on any atom is -0.467 e. The van der Waals surface area contributed by atoms with E-state index in [4.69, 9.17) is 4.74 Å². The van der Waals surface area contributed by atoms with Crippen LogP contribution in [0.3, 0.4) is 0 Å². The quantitative estimate of drug-likeness (QED) is 0.792. The largest absolute Gasteiger partial charge is 0.467 e. The normalized spacial score (nSPS) is 18.0. The Morgan fingerprint density at radius 1 is 1.32 bits per heavy atom. The summed E-state index contributed by atoms with van der Waals surface area (Å²) in [5, 5.41) is 0. The van der Waals surface area contributed by atoms with Crippen LogP contribution in [-0.2, 0) is 9.53 Å². The van der Waals surface area contributed by atoms with E-state index in [-0.39, 0.29) is 11.9 Å². The monoisotopic (exact) mass is 301 g/mol. The highest BCUT2D eigenvalue weighted by Crippen LogP contribution is 2.23. The molecule has 1 atom stereocenters. The fourth-order valence-corrected chi connectivity index (χ4v) is 3.05. The van der Waals surface area contributed by atoms with Gasteiger partial charge in [0.2, 0.25) is 0 Å². The molecule has 1 aliphatic rings.